The molecule has 0 saturated heterocycles. The zero-order valence-electron chi connectivity index (χ0n) is 9.77. The largest absolute Gasteiger partial charge is 0.292 e. The van der Waals surface area contributed by atoms with Gasteiger partial charge >= 0.3 is 0 Å². The van der Waals surface area contributed by atoms with E-state index in [2.05, 4.69) is 0 Å². The molecule has 0 atom stereocenters. The monoisotopic (exact) mass is 368 g/mol. The Morgan fingerprint density at radius 2 is 1.80 bits per heavy atom. The van der Waals surface area contributed by atoms with Gasteiger partial charge in [0.1, 0.15) is 5.75 Å². The number of thiophene rings is 1. The van der Waals surface area contributed by atoms with Crippen molar-refractivity contribution in [1.82, 2.24) is 0 Å². The van der Waals surface area contributed by atoms with Gasteiger partial charge < -0.3 is 0 Å². The molecule has 0 N–H and O–H groups in total. The summed E-state index contributed by atoms with van der Waals surface area (Å²) >= 11 is 18.4. The van der Waals surface area contributed by atoms with Crippen LogP contribution >= 0.6 is 46.1 Å². The maximum Gasteiger partial charge on any atom is 0.188 e. The van der Waals surface area contributed by atoms with E-state index in [9.17, 15) is 13.2 Å². The molecule has 0 bridgehead atoms. The highest BCUT2D eigenvalue weighted by molar-refractivity contribution is 7.92. The molecule has 0 unspecified atom stereocenters. The summed E-state index contributed by atoms with van der Waals surface area (Å²) in [5.74, 6) is -1.21. The number of hydrogen-bond acceptors (Lipinski definition) is 4. The van der Waals surface area contributed by atoms with Gasteiger partial charge in [0.05, 0.1) is 19.1 Å². The number of carbonyl (C=O) groups excluding carboxylic acids is 1. The number of ketones is 1. The van der Waals surface area contributed by atoms with Crippen LogP contribution in [0.15, 0.2) is 35.2 Å². The van der Waals surface area contributed by atoms with Crippen LogP contribution in [0.2, 0.25) is 14.4 Å². The molecule has 0 amide bonds. The van der Waals surface area contributed by atoms with Gasteiger partial charge in [0.2, 0.25) is 0 Å². The molecule has 20 heavy (non-hydrogen) atoms. The summed E-state index contributed by atoms with van der Waals surface area (Å²) in [7, 11) is -3.85. The number of rotatable bonds is 4. The Bertz CT molecular complexity index is 766. The molecule has 3 nitrogen and oxygen atoms in total. The Kier molecular flexibility index (Phi) is 4.76. The van der Waals surface area contributed by atoms with Crippen molar-refractivity contribution in [2.24, 2.45) is 0 Å². The van der Waals surface area contributed by atoms with Gasteiger partial charge in [-0.1, -0.05) is 34.8 Å². The van der Waals surface area contributed by atoms with E-state index in [0.717, 1.165) is 11.3 Å². The summed E-state index contributed by atoms with van der Waals surface area (Å²) in [6, 6.07) is 7.11. The minimum atomic E-state index is -3.85. The SMILES string of the molecule is O=C(CS(=O)(=O)c1cc(Cl)ccc1Cl)c1ccc(Cl)s1. The van der Waals surface area contributed by atoms with Crippen molar-refractivity contribution in [2.45, 2.75) is 4.90 Å². The van der Waals surface area contributed by atoms with Gasteiger partial charge in [-0.15, -0.1) is 11.3 Å². The van der Waals surface area contributed by atoms with Crippen molar-refractivity contribution in [3.63, 3.8) is 0 Å². The molecular weight excluding hydrogens is 363 g/mol. The third kappa shape index (κ3) is 3.54. The van der Waals surface area contributed by atoms with Crippen LogP contribution in [-0.4, -0.2) is 20.0 Å². The van der Waals surface area contributed by atoms with E-state index in [4.69, 9.17) is 34.8 Å². The highest BCUT2D eigenvalue weighted by Crippen LogP contribution is 2.27. The smallest absolute Gasteiger partial charge is 0.188 e. The fraction of sp³-hybridized carbons (Fsp3) is 0.0833. The number of sulfone groups is 1. The minimum Gasteiger partial charge on any atom is -0.292 e. The molecule has 1 aromatic heterocycles. The van der Waals surface area contributed by atoms with Crippen LogP contribution in [-0.2, 0) is 9.84 Å². The van der Waals surface area contributed by atoms with Gasteiger partial charge in [-0.25, -0.2) is 8.42 Å². The molecule has 0 fully saturated rings. The molecule has 8 heteroatoms. The number of hydrogen-bond donors (Lipinski definition) is 0. The fourth-order valence-electron chi connectivity index (χ4n) is 1.50. The molecule has 0 aliphatic rings. The summed E-state index contributed by atoms with van der Waals surface area (Å²) in [4.78, 5) is 12.1. The molecule has 0 aliphatic heterocycles. The first-order chi connectivity index (χ1) is 9.29. The van der Waals surface area contributed by atoms with E-state index in [0.29, 0.717) is 4.34 Å². The topological polar surface area (TPSA) is 51.2 Å². The second-order valence-electron chi connectivity index (χ2n) is 3.86. The third-order valence-corrected chi connectivity index (χ3v) is 6.00. The van der Waals surface area contributed by atoms with Gasteiger partial charge in [0.25, 0.3) is 0 Å². The summed E-state index contributed by atoms with van der Waals surface area (Å²) in [5, 5.41) is 0.269. The molecule has 0 spiro atoms. The van der Waals surface area contributed by atoms with Crippen molar-refractivity contribution >= 4 is 61.8 Å². The normalized spacial score (nSPS) is 11.6. The van der Waals surface area contributed by atoms with E-state index in [1.54, 1.807) is 6.07 Å². The van der Waals surface area contributed by atoms with Crippen molar-refractivity contribution in [1.29, 1.82) is 0 Å². The summed E-state index contributed by atoms with van der Waals surface area (Å²) < 4.78 is 24.8. The summed E-state index contributed by atoms with van der Waals surface area (Å²) in [6.45, 7) is 0. The van der Waals surface area contributed by atoms with Gasteiger partial charge in [-0.2, -0.15) is 0 Å². The highest BCUT2D eigenvalue weighted by Gasteiger charge is 2.24. The first kappa shape index (κ1) is 15.8. The zero-order valence-corrected chi connectivity index (χ0v) is 13.7. The van der Waals surface area contributed by atoms with Crippen LogP contribution in [0.1, 0.15) is 9.67 Å². The predicted molar refractivity (Wildman–Crippen MR) is 82.2 cm³/mol. The van der Waals surface area contributed by atoms with Crippen molar-refractivity contribution in [3.05, 3.63) is 49.6 Å². The standard InChI is InChI=1S/C12H7Cl3O3S2/c13-7-1-2-8(14)11(5-7)20(17,18)6-9(16)10-3-4-12(15)19-10/h1-5H,6H2. The first-order valence-corrected chi connectivity index (χ1v) is 8.86. The van der Waals surface area contributed by atoms with E-state index in [1.165, 1.54) is 24.3 Å². The van der Waals surface area contributed by atoms with E-state index in [-0.39, 0.29) is 19.8 Å². The van der Waals surface area contributed by atoms with Gasteiger partial charge in [-0.3, -0.25) is 4.79 Å². The van der Waals surface area contributed by atoms with Crippen molar-refractivity contribution in [2.75, 3.05) is 5.75 Å². The first-order valence-electron chi connectivity index (χ1n) is 5.26. The van der Waals surface area contributed by atoms with Crippen LogP contribution in [0, 0.1) is 0 Å². The lowest BCUT2D eigenvalue weighted by atomic mass is 10.3. The average Bonchev–Trinajstić information content (AvgIpc) is 2.78. The number of benzene rings is 1. The molecule has 1 heterocycles. The lowest BCUT2D eigenvalue weighted by molar-refractivity contribution is 0.102. The number of Topliss-reactive ketones (excluding diaryl/α,β-unsaturated/α-hetero) is 1. The maximum absolute atomic E-state index is 12.2. The van der Waals surface area contributed by atoms with Crippen LogP contribution in [0.5, 0.6) is 0 Å². The fourth-order valence-corrected chi connectivity index (χ4v) is 4.61. The predicted octanol–water partition coefficient (Wildman–Crippen LogP) is 4.36. The van der Waals surface area contributed by atoms with Crippen molar-refractivity contribution < 1.29 is 13.2 Å². The number of halogens is 3. The van der Waals surface area contributed by atoms with Crippen LogP contribution in [0.4, 0.5) is 0 Å². The Morgan fingerprint density at radius 1 is 1.10 bits per heavy atom. The zero-order chi connectivity index (χ0) is 14.9. The number of carbonyl (C=O) groups is 1. The van der Waals surface area contributed by atoms with E-state index >= 15 is 0 Å². The molecule has 106 valence electrons. The molecule has 0 saturated carbocycles. The Labute approximate surface area is 135 Å². The maximum atomic E-state index is 12.2. The van der Waals surface area contributed by atoms with Gasteiger partial charge in [-0.05, 0) is 30.3 Å². The third-order valence-electron chi connectivity index (χ3n) is 2.40. The second-order valence-corrected chi connectivity index (χ2v) is 8.38. The Balaban J connectivity index is 2.32. The lowest BCUT2D eigenvalue weighted by Gasteiger charge is -2.05. The second kappa shape index (κ2) is 6.03. The van der Waals surface area contributed by atoms with Crippen molar-refractivity contribution in [3.8, 4) is 0 Å². The summed E-state index contributed by atoms with van der Waals surface area (Å²) in [6.07, 6.45) is 0. The molecular formula is C12H7Cl3O3S2. The Hall–Kier alpha value is -0.590. The van der Waals surface area contributed by atoms with Gasteiger partial charge in [0.15, 0.2) is 15.6 Å². The Morgan fingerprint density at radius 3 is 2.40 bits per heavy atom. The molecule has 0 radical (unpaired) electrons. The average molecular weight is 370 g/mol. The molecule has 2 aromatic rings. The van der Waals surface area contributed by atoms with E-state index < -0.39 is 21.4 Å². The van der Waals surface area contributed by atoms with E-state index in [1.807, 2.05) is 0 Å². The lowest BCUT2D eigenvalue weighted by Crippen LogP contribution is -2.16. The molecule has 2 rings (SSSR count). The molecule has 1 aromatic carbocycles. The van der Waals surface area contributed by atoms with Gasteiger partial charge in [0, 0.05) is 5.02 Å². The highest BCUT2D eigenvalue weighted by atomic mass is 35.5. The quantitative estimate of drug-likeness (QED) is 0.752. The molecule has 0 aliphatic carbocycles. The van der Waals surface area contributed by atoms with Crippen LogP contribution in [0.3, 0.4) is 0 Å². The van der Waals surface area contributed by atoms with Crippen LogP contribution < -0.4 is 0 Å². The van der Waals surface area contributed by atoms with Crippen LogP contribution in [0.25, 0.3) is 0 Å². The minimum absolute atomic E-state index is 0.0337. The summed E-state index contributed by atoms with van der Waals surface area (Å²) in [5.41, 5.74) is 0.